The average molecular weight is 143 g/mol. The molecular formula is C5H9N3O2. The quantitative estimate of drug-likeness (QED) is 0.480. The number of hydrogen-bond acceptors (Lipinski definition) is 4. The Hall–Kier alpha value is -0.940. The second kappa shape index (κ2) is 2.36. The number of aromatic nitrogens is 3. The summed E-state index contributed by atoms with van der Waals surface area (Å²) in [5.74, 6) is -1.84. The number of aromatic amines is 1. The maximum absolute atomic E-state index is 9.12. The molecule has 0 amide bonds. The number of hydrogen-bond donors (Lipinski definition) is 3. The molecule has 0 spiro atoms. The molecule has 5 nitrogen and oxygen atoms in total. The van der Waals surface area contributed by atoms with Crippen molar-refractivity contribution in [2.45, 2.75) is 19.1 Å². The predicted octanol–water partition coefficient (Wildman–Crippen LogP) is -0.648. The summed E-state index contributed by atoms with van der Waals surface area (Å²) in [7, 11) is 0. The maximum atomic E-state index is 9.12. The first-order chi connectivity index (χ1) is 4.67. The first-order valence-electron chi connectivity index (χ1n) is 2.98. The van der Waals surface area contributed by atoms with Crippen LogP contribution in [-0.4, -0.2) is 25.6 Å². The Kier molecular flexibility index (Phi) is 1.69. The summed E-state index contributed by atoms with van der Waals surface area (Å²) >= 11 is 0. The molecule has 1 heterocycles. The van der Waals surface area contributed by atoms with Crippen molar-refractivity contribution < 1.29 is 10.2 Å². The van der Waals surface area contributed by atoms with Gasteiger partial charge in [0.2, 0.25) is 5.79 Å². The van der Waals surface area contributed by atoms with Crippen molar-refractivity contribution in [1.29, 1.82) is 0 Å². The SMILES string of the molecule is CCC(O)(O)c1cn[nH]n1. The molecule has 0 atom stereocenters. The molecule has 0 aliphatic carbocycles. The fourth-order valence-corrected chi connectivity index (χ4v) is 0.576. The van der Waals surface area contributed by atoms with E-state index in [1.54, 1.807) is 6.92 Å². The minimum atomic E-state index is -1.84. The van der Waals surface area contributed by atoms with Crippen LogP contribution in [0.1, 0.15) is 19.0 Å². The summed E-state index contributed by atoms with van der Waals surface area (Å²) in [6.45, 7) is 1.65. The lowest BCUT2D eigenvalue weighted by molar-refractivity contribution is -0.174. The highest BCUT2D eigenvalue weighted by atomic mass is 16.5. The molecule has 1 aromatic heterocycles. The minimum Gasteiger partial charge on any atom is -0.361 e. The Labute approximate surface area is 57.7 Å². The average Bonchev–Trinajstić information content (AvgIpc) is 2.38. The van der Waals surface area contributed by atoms with E-state index in [4.69, 9.17) is 10.2 Å². The Balaban J connectivity index is 2.85. The van der Waals surface area contributed by atoms with Crippen molar-refractivity contribution in [3.8, 4) is 0 Å². The van der Waals surface area contributed by atoms with E-state index in [0.717, 1.165) is 0 Å². The summed E-state index contributed by atoms with van der Waals surface area (Å²) in [5, 5.41) is 27.5. The van der Waals surface area contributed by atoms with Gasteiger partial charge < -0.3 is 10.2 Å². The molecule has 0 fully saturated rings. The molecule has 0 saturated heterocycles. The fraction of sp³-hybridized carbons (Fsp3) is 0.600. The largest absolute Gasteiger partial charge is 0.361 e. The van der Waals surface area contributed by atoms with E-state index in [0.29, 0.717) is 0 Å². The zero-order chi connectivity index (χ0) is 7.61. The van der Waals surface area contributed by atoms with Crippen LogP contribution < -0.4 is 0 Å². The summed E-state index contributed by atoms with van der Waals surface area (Å²) in [5.41, 5.74) is 0.148. The lowest BCUT2D eigenvalue weighted by atomic mass is 10.1. The van der Waals surface area contributed by atoms with Crippen molar-refractivity contribution in [3.63, 3.8) is 0 Å². The molecular weight excluding hydrogens is 134 g/mol. The molecule has 0 aromatic carbocycles. The van der Waals surface area contributed by atoms with Crippen LogP contribution in [0.2, 0.25) is 0 Å². The smallest absolute Gasteiger partial charge is 0.210 e. The van der Waals surface area contributed by atoms with Gasteiger partial charge in [0.05, 0.1) is 6.20 Å². The molecule has 3 N–H and O–H groups in total. The molecule has 0 bridgehead atoms. The Bertz CT molecular complexity index is 195. The standard InChI is InChI=1S/C5H9N3O2/c1-2-5(9,10)4-3-6-8-7-4/h3,9-10H,2H2,1H3,(H,6,7,8). The third-order valence-electron chi connectivity index (χ3n) is 1.32. The number of rotatable bonds is 2. The first kappa shape index (κ1) is 7.17. The van der Waals surface area contributed by atoms with Gasteiger partial charge in [0.1, 0.15) is 5.69 Å². The van der Waals surface area contributed by atoms with Gasteiger partial charge in [0.15, 0.2) is 0 Å². The van der Waals surface area contributed by atoms with Crippen LogP contribution in [0.3, 0.4) is 0 Å². The van der Waals surface area contributed by atoms with Gasteiger partial charge >= 0.3 is 0 Å². The van der Waals surface area contributed by atoms with Gasteiger partial charge in [-0.3, -0.25) is 0 Å². The van der Waals surface area contributed by atoms with Gasteiger partial charge in [-0.1, -0.05) is 6.92 Å². The summed E-state index contributed by atoms with van der Waals surface area (Å²) < 4.78 is 0. The molecule has 0 saturated carbocycles. The Morgan fingerprint density at radius 3 is 2.80 bits per heavy atom. The number of aliphatic hydroxyl groups is 2. The highest BCUT2D eigenvalue weighted by Gasteiger charge is 2.25. The van der Waals surface area contributed by atoms with E-state index in [1.807, 2.05) is 0 Å². The monoisotopic (exact) mass is 143 g/mol. The van der Waals surface area contributed by atoms with Gasteiger partial charge in [0, 0.05) is 6.42 Å². The van der Waals surface area contributed by atoms with E-state index < -0.39 is 5.79 Å². The Morgan fingerprint density at radius 1 is 1.70 bits per heavy atom. The molecule has 0 unspecified atom stereocenters. The fourth-order valence-electron chi connectivity index (χ4n) is 0.576. The van der Waals surface area contributed by atoms with Crippen LogP contribution in [0.5, 0.6) is 0 Å². The van der Waals surface area contributed by atoms with Crippen LogP contribution in [-0.2, 0) is 5.79 Å². The molecule has 0 aliphatic rings. The molecule has 0 aliphatic heterocycles. The van der Waals surface area contributed by atoms with Gasteiger partial charge in [0.25, 0.3) is 0 Å². The third-order valence-corrected chi connectivity index (χ3v) is 1.32. The third kappa shape index (κ3) is 1.14. The van der Waals surface area contributed by atoms with Crippen molar-refractivity contribution in [2.75, 3.05) is 0 Å². The molecule has 56 valence electrons. The topological polar surface area (TPSA) is 82.0 Å². The predicted molar refractivity (Wildman–Crippen MR) is 32.8 cm³/mol. The van der Waals surface area contributed by atoms with Gasteiger partial charge in [-0.05, 0) is 0 Å². The lowest BCUT2D eigenvalue weighted by Gasteiger charge is -2.14. The van der Waals surface area contributed by atoms with Gasteiger partial charge in [-0.25, -0.2) is 0 Å². The van der Waals surface area contributed by atoms with Crippen LogP contribution in [0.15, 0.2) is 6.20 Å². The van der Waals surface area contributed by atoms with Crippen molar-refractivity contribution in [3.05, 3.63) is 11.9 Å². The van der Waals surface area contributed by atoms with Crippen LogP contribution >= 0.6 is 0 Å². The number of H-pyrrole nitrogens is 1. The number of nitrogens with one attached hydrogen (secondary N) is 1. The first-order valence-corrected chi connectivity index (χ1v) is 2.98. The summed E-state index contributed by atoms with van der Waals surface area (Å²) in [6, 6.07) is 0. The summed E-state index contributed by atoms with van der Waals surface area (Å²) in [6.07, 6.45) is 1.48. The summed E-state index contributed by atoms with van der Waals surface area (Å²) in [4.78, 5) is 0. The number of nitrogens with zero attached hydrogens (tertiary/aromatic N) is 2. The highest BCUT2D eigenvalue weighted by molar-refractivity contribution is 4.99. The van der Waals surface area contributed by atoms with Crippen molar-refractivity contribution in [2.24, 2.45) is 0 Å². The molecule has 0 radical (unpaired) electrons. The second-order valence-electron chi connectivity index (χ2n) is 2.03. The van der Waals surface area contributed by atoms with E-state index in [2.05, 4.69) is 15.4 Å². The molecule has 10 heavy (non-hydrogen) atoms. The van der Waals surface area contributed by atoms with E-state index >= 15 is 0 Å². The van der Waals surface area contributed by atoms with Crippen molar-refractivity contribution in [1.82, 2.24) is 15.4 Å². The van der Waals surface area contributed by atoms with Gasteiger partial charge in [-0.2, -0.15) is 15.4 Å². The van der Waals surface area contributed by atoms with Crippen LogP contribution in [0.25, 0.3) is 0 Å². The van der Waals surface area contributed by atoms with E-state index in [9.17, 15) is 0 Å². The normalized spacial score (nSPS) is 11.9. The minimum absolute atomic E-state index is 0.148. The highest BCUT2D eigenvalue weighted by Crippen LogP contribution is 2.16. The molecule has 5 heteroatoms. The second-order valence-corrected chi connectivity index (χ2v) is 2.03. The van der Waals surface area contributed by atoms with Gasteiger partial charge in [-0.15, -0.1) is 0 Å². The van der Waals surface area contributed by atoms with Crippen LogP contribution in [0.4, 0.5) is 0 Å². The zero-order valence-electron chi connectivity index (χ0n) is 5.57. The molecule has 1 rings (SSSR count). The van der Waals surface area contributed by atoms with E-state index in [1.165, 1.54) is 6.20 Å². The molecule has 1 aromatic rings. The van der Waals surface area contributed by atoms with E-state index in [-0.39, 0.29) is 12.1 Å². The van der Waals surface area contributed by atoms with Crippen LogP contribution in [0, 0.1) is 0 Å². The zero-order valence-corrected chi connectivity index (χ0v) is 5.57. The maximum Gasteiger partial charge on any atom is 0.210 e. The lowest BCUT2D eigenvalue weighted by Crippen LogP contribution is -2.24. The van der Waals surface area contributed by atoms with Crippen molar-refractivity contribution >= 4 is 0 Å². The Morgan fingerprint density at radius 2 is 2.40 bits per heavy atom.